The summed E-state index contributed by atoms with van der Waals surface area (Å²) >= 11 is 2.58. The first-order chi connectivity index (χ1) is 12.9. The third-order valence-corrected chi connectivity index (χ3v) is 6.25. The molecule has 1 aliphatic rings. The van der Waals surface area contributed by atoms with Gasteiger partial charge >= 0.3 is 5.97 Å². The number of esters is 1. The number of thiophene rings is 1. The molecule has 2 aromatic heterocycles. The average Bonchev–Trinajstić information content (AvgIpc) is 2.95. The Morgan fingerprint density at radius 3 is 2.74 bits per heavy atom. The number of fused-ring (bicyclic) bond motifs is 1. The number of carbonyl (C=O) groups excluding carboxylic acids is 2. The number of hydrogen-bond acceptors (Lipinski definition) is 9. The fraction of sp³-hybridized carbons (Fsp3) is 0.412. The maximum atomic E-state index is 12.4. The molecule has 2 aromatic rings. The van der Waals surface area contributed by atoms with Gasteiger partial charge in [0.1, 0.15) is 16.6 Å². The van der Waals surface area contributed by atoms with E-state index in [4.69, 9.17) is 16.2 Å². The van der Waals surface area contributed by atoms with Crippen molar-refractivity contribution >= 4 is 51.6 Å². The zero-order valence-electron chi connectivity index (χ0n) is 15.1. The van der Waals surface area contributed by atoms with E-state index in [9.17, 15) is 9.59 Å². The molecule has 8 nitrogen and oxygen atoms in total. The molecule has 0 saturated heterocycles. The van der Waals surface area contributed by atoms with Gasteiger partial charge in [-0.2, -0.15) is 0 Å². The van der Waals surface area contributed by atoms with E-state index in [0.717, 1.165) is 41.5 Å². The molecule has 2 heterocycles. The molecule has 0 aliphatic heterocycles. The van der Waals surface area contributed by atoms with Crippen molar-refractivity contribution in [3.05, 3.63) is 22.1 Å². The summed E-state index contributed by atoms with van der Waals surface area (Å²) in [6.45, 7) is 2.19. The Morgan fingerprint density at radius 2 is 2.07 bits per heavy atom. The lowest BCUT2D eigenvalue weighted by molar-refractivity contribution is -0.113. The van der Waals surface area contributed by atoms with Crippen LogP contribution in [0, 0.1) is 5.92 Å². The number of hydrogen-bond donors (Lipinski definition) is 3. The van der Waals surface area contributed by atoms with E-state index in [1.807, 2.05) is 0 Å². The molecule has 1 amide bonds. The van der Waals surface area contributed by atoms with Crippen molar-refractivity contribution in [2.24, 2.45) is 5.92 Å². The van der Waals surface area contributed by atoms with E-state index >= 15 is 0 Å². The molecular formula is C17H21N5O3S2. The number of nitrogens with zero attached hydrogens (tertiary/aromatic N) is 2. The summed E-state index contributed by atoms with van der Waals surface area (Å²) in [6, 6.07) is 1.45. The summed E-state index contributed by atoms with van der Waals surface area (Å²) in [7, 11) is 1.35. The SMILES string of the molecule is COC(=O)c1c(NC(=O)CSc2nc(N)cc(N)n2)sc2c1CCC(C)C2. The first kappa shape index (κ1) is 19.4. The highest BCUT2D eigenvalue weighted by atomic mass is 32.2. The lowest BCUT2D eigenvalue weighted by Crippen LogP contribution is -2.17. The molecule has 0 saturated carbocycles. The van der Waals surface area contributed by atoms with Crippen molar-refractivity contribution in [1.82, 2.24) is 9.97 Å². The number of anilines is 3. The van der Waals surface area contributed by atoms with Gasteiger partial charge in [-0.25, -0.2) is 14.8 Å². The third kappa shape index (κ3) is 4.51. The van der Waals surface area contributed by atoms with E-state index in [2.05, 4.69) is 22.2 Å². The minimum atomic E-state index is -0.419. The van der Waals surface area contributed by atoms with Crippen LogP contribution in [0.15, 0.2) is 11.2 Å². The second-order valence-electron chi connectivity index (χ2n) is 6.38. The van der Waals surface area contributed by atoms with Gasteiger partial charge in [0.05, 0.1) is 18.4 Å². The maximum absolute atomic E-state index is 12.4. The van der Waals surface area contributed by atoms with Crippen LogP contribution in [0.4, 0.5) is 16.6 Å². The van der Waals surface area contributed by atoms with Gasteiger partial charge in [-0.05, 0) is 30.7 Å². The highest BCUT2D eigenvalue weighted by molar-refractivity contribution is 7.99. The van der Waals surface area contributed by atoms with Crippen molar-refractivity contribution in [3.63, 3.8) is 0 Å². The summed E-state index contributed by atoms with van der Waals surface area (Å²) in [6.07, 6.45) is 2.74. The number of methoxy groups -OCH3 is 1. The first-order valence-corrected chi connectivity index (χ1v) is 10.2. The molecule has 0 fully saturated rings. The average molecular weight is 408 g/mol. The quantitative estimate of drug-likeness (QED) is 0.391. The molecule has 144 valence electrons. The minimum absolute atomic E-state index is 0.0719. The van der Waals surface area contributed by atoms with Gasteiger partial charge in [-0.1, -0.05) is 18.7 Å². The monoisotopic (exact) mass is 407 g/mol. The Labute approximate surface area is 165 Å². The normalized spacial score (nSPS) is 15.9. The van der Waals surface area contributed by atoms with Crippen LogP contribution < -0.4 is 16.8 Å². The third-order valence-electron chi connectivity index (χ3n) is 4.23. The van der Waals surface area contributed by atoms with Crippen LogP contribution in [0.1, 0.15) is 34.1 Å². The zero-order chi connectivity index (χ0) is 19.6. The molecule has 3 rings (SSSR count). The van der Waals surface area contributed by atoms with Gasteiger partial charge in [-0.15, -0.1) is 11.3 Å². The summed E-state index contributed by atoms with van der Waals surface area (Å²) in [5, 5.41) is 3.71. The number of ether oxygens (including phenoxy) is 1. The van der Waals surface area contributed by atoms with Gasteiger partial charge in [-0.3, -0.25) is 4.79 Å². The van der Waals surface area contributed by atoms with E-state index in [-0.39, 0.29) is 23.3 Å². The number of nitrogen functional groups attached to an aromatic ring is 2. The van der Waals surface area contributed by atoms with Crippen LogP contribution in [0.25, 0.3) is 0 Å². The van der Waals surface area contributed by atoms with Crippen molar-refractivity contribution in [1.29, 1.82) is 0 Å². The van der Waals surface area contributed by atoms with Crippen LogP contribution in [0.2, 0.25) is 0 Å². The predicted octanol–water partition coefficient (Wildman–Crippen LogP) is 2.34. The van der Waals surface area contributed by atoms with Gasteiger partial charge in [0.25, 0.3) is 0 Å². The van der Waals surface area contributed by atoms with E-state index in [1.54, 1.807) is 0 Å². The standard InChI is InChI=1S/C17H21N5O3S2/c1-8-3-4-9-10(5-8)27-15(14(9)16(24)25-2)22-13(23)7-26-17-20-11(18)6-12(19)21-17/h6,8H,3-5,7H2,1-2H3,(H,22,23)(H4,18,19,20,21). The molecule has 0 spiro atoms. The number of rotatable bonds is 5. The number of aromatic nitrogens is 2. The molecule has 27 heavy (non-hydrogen) atoms. The molecular weight excluding hydrogens is 386 g/mol. The van der Waals surface area contributed by atoms with Crippen LogP contribution >= 0.6 is 23.1 Å². The van der Waals surface area contributed by atoms with Gasteiger partial charge < -0.3 is 21.5 Å². The van der Waals surface area contributed by atoms with Crippen molar-refractivity contribution in [3.8, 4) is 0 Å². The summed E-state index contributed by atoms with van der Waals surface area (Å²) in [4.78, 5) is 33.9. The lowest BCUT2D eigenvalue weighted by Gasteiger charge is -2.18. The summed E-state index contributed by atoms with van der Waals surface area (Å²) < 4.78 is 4.93. The highest BCUT2D eigenvalue weighted by Crippen LogP contribution is 2.40. The van der Waals surface area contributed by atoms with E-state index in [1.165, 1.54) is 24.5 Å². The molecule has 1 atom stereocenters. The van der Waals surface area contributed by atoms with Crippen molar-refractivity contribution in [2.45, 2.75) is 31.3 Å². The maximum Gasteiger partial charge on any atom is 0.341 e. The molecule has 1 unspecified atom stereocenters. The predicted molar refractivity (Wildman–Crippen MR) is 107 cm³/mol. The van der Waals surface area contributed by atoms with Gasteiger partial charge in [0, 0.05) is 10.9 Å². The van der Waals surface area contributed by atoms with Crippen LogP contribution in [0.5, 0.6) is 0 Å². The fourth-order valence-corrected chi connectivity index (χ4v) is 5.06. The highest BCUT2D eigenvalue weighted by Gasteiger charge is 2.28. The lowest BCUT2D eigenvalue weighted by atomic mass is 9.88. The molecule has 0 bridgehead atoms. The van der Waals surface area contributed by atoms with Gasteiger partial charge in [0.15, 0.2) is 5.16 Å². The van der Waals surface area contributed by atoms with E-state index < -0.39 is 5.97 Å². The van der Waals surface area contributed by atoms with Crippen molar-refractivity contribution < 1.29 is 14.3 Å². The molecule has 10 heteroatoms. The van der Waals surface area contributed by atoms with Crippen molar-refractivity contribution in [2.75, 3.05) is 29.6 Å². The Morgan fingerprint density at radius 1 is 1.37 bits per heavy atom. The largest absolute Gasteiger partial charge is 0.465 e. The Balaban J connectivity index is 1.74. The fourth-order valence-electron chi connectivity index (χ4n) is 2.98. The second-order valence-corrected chi connectivity index (χ2v) is 8.43. The Hall–Kier alpha value is -2.33. The number of carbonyl (C=O) groups is 2. The number of amides is 1. The van der Waals surface area contributed by atoms with Crippen LogP contribution in [-0.2, 0) is 22.4 Å². The second kappa shape index (κ2) is 8.13. The van der Waals surface area contributed by atoms with Crippen LogP contribution in [0.3, 0.4) is 0 Å². The molecule has 1 aliphatic carbocycles. The Bertz CT molecular complexity index is 863. The molecule has 0 aromatic carbocycles. The number of nitrogens with one attached hydrogen (secondary N) is 1. The number of nitrogens with two attached hydrogens (primary N) is 2. The van der Waals surface area contributed by atoms with Crippen LogP contribution in [-0.4, -0.2) is 34.7 Å². The molecule has 5 N–H and O–H groups in total. The zero-order valence-corrected chi connectivity index (χ0v) is 16.7. The summed E-state index contributed by atoms with van der Waals surface area (Å²) in [5.41, 5.74) is 12.7. The Kier molecular flexibility index (Phi) is 5.85. The summed E-state index contributed by atoms with van der Waals surface area (Å²) in [5.74, 6) is 0.449. The minimum Gasteiger partial charge on any atom is -0.465 e. The number of thioether (sulfide) groups is 1. The topological polar surface area (TPSA) is 133 Å². The van der Waals surface area contributed by atoms with Gasteiger partial charge in [0.2, 0.25) is 5.91 Å². The molecule has 0 radical (unpaired) electrons. The first-order valence-electron chi connectivity index (χ1n) is 8.43. The van der Waals surface area contributed by atoms with E-state index in [0.29, 0.717) is 21.6 Å². The smallest absolute Gasteiger partial charge is 0.341 e.